The van der Waals surface area contributed by atoms with Crippen LogP contribution in [-0.2, 0) is 0 Å². The van der Waals surface area contributed by atoms with Crippen LogP contribution in [0.1, 0.15) is 118 Å². The fraction of sp³-hybridized carbons (Fsp3) is 0.571. The molecule has 0 radical (unpaired) electrons. The highest BCUT2D eigenvalue weighted by Gasteiger charge is 2.34. The van der Waals surface area contributed by atoms with Gasteiger partial charge in [0.25, 0.3) is 11.8 Å². The van der Waals surface area contributed by atoms with Gasteiger partial charge in [-0.25, -0.2) is 4.98 Å². The topological polar surface area (TPSA) is 68.8 Å². The zero-order valence-electron chi connectivity index (χ0n) is 26.0. The number of nitrogens with one attached hydrogen (secondary N) is 1. The maximum absolute atomic E-state index is 13.3. The van der Waals surface area contributed by atoms with Crippen molar-refractivity contribution in [2.75, 3.05) is 43.0 Å². The summed E-state index contributed by atoms with van der Waals surface area (Å²) >= 11 is 1.35. The molecule has 232 valence electrons. The first-order valence-electron chi connectivity index (χ1n) is 16.8. The summed E-state index contributed by atoms with van der Waals surface area (Å²) < 4.78 is 0. The van der Waals surface area contributed by atoms with Crippen molar-refractivity contribution in [3.63, 3.8) is 0 Å². The first-order chi connectivity index (χ1) is 21.2. The highest BCUT2D eigenvalue weighted by Crippen LogP contribution is 2.36. The Kier molecular flexibility index (Phi) is 11.9. The average molecular weight is 604 g/mol. The molecule has 5 rings (SSSR count). The molecule has 7 nitrogen and oxygen atoms in total. The number of unbranched alkanes of at least 4 members (excludes halogenated alkanes) is 13. The summed E-state index contributed by atoms with van der Waals surface area (Å²) in [6.45, 7) is 7.47. The maximum atomic E-state index is 13.3. The largest absolute Gasteiger partial charge is 0.368 e. The van der Waals surface area contributed by atoms with E-state index < -0.39 is 0 Å². The summed E-state index contributed by atoms with van der Waals surface area (Å²) in [5.41, 5.74) is 5.11. The Hall–Kier alpha value is -2.97. The van der Waals surface area contributed by atoms with Gasteiger partial charge < -0.3 is 4.90 Å². The number of carbonyl (C=O) groups is 2. The summed E-state index contributed by atoms with van der Waals surface area (Å²) in [4.78, 5) is 35.9. The lowest BCUT2D eigenvalue weighted by Gasteiger charge is -2.37. The molecule has 3 aromatic rings. The van der Waals surface area contributed by atoms with Crippen molar-refractivity contribution in [3.05, 3.63) is 53.0 Å². The van der Waals surface area contributed by atoms with Crippen molar-refractivity contribution < 1.29 is 9.59 Å². The highest BCUT2D eigenvalue weighted by molar-refractivity contribution is 7.13. The van der Waals surface area contributed by atoms with E-state index in [1.54, 1.807) is 6.20 Å². The lowest BCUT2D eigenvalue weighted by atomic mass is 9.93. The van der Waals surface area contributed by atoms with E-state index >= 15 is 0 Å². The van der Waals surface area contributed by atoms with E-state index in [9.17, 15) is 9.59 Å². The Labute approximate surface area is 261 Å². The number of carbonyl (C=O) groups excluding carboxylic acids is 2. The van der Waals surface area contributed by atoms with Crippen LogP contribution in [-0.4, -0.2) is 59.4 Å². The van der Waals surface area contributed by atoms with E-state index in [-0.39, 0.29) is 11.8 Å². The molecule has 3 heterocycles. The summed E-state index contributed by atoms with van der Waals surface area (Å²) in [6, 6.07) is 9.72. The van der Waals surface area contributed by atoms with E-state index in [4.69, 9.17) is 0 Å². The van der Waals surface area contributed by atoms with Gasteiger partial charge >= 0.3 is 0 Å². The Morgan fingerprint density at radius 1 is 0.744 bits per heavy atom. The van der Waals surface area contributed by atoms with Gasteiger partial charge in [-0.1, -0.05) is 103 Å². The number of nitrogens with zero attached hydrogens (tertiary/aromatic N) is 4. The van der Waals surface area contributed by atoms with Gasteiger partial charge in [0, 0.05) is 54.2 Å². The first-order valence-corrected chi connectivity index (χ1v) is 17.6. The molecule has 1 aromatic heterocycles. The van der Waals surface area contributed by atoms with Crippen LogP contribution in [0.15, 0.2) is 41.9 Å². The highest BCUT2D eigenvalue weighted by atomic mass is 32.1. The second-order valence-electron chi connectivity index (χ2n) is 12.2. The molecule has 8 heteroatoms. The van der Waals surface area contributed by atoms with Crippen LogP contribution in [0.2, 0.25) is 0 Å². The first kappa shape index (κ1) is 31.5. The van der Waals surface area contributed by atoms with Crippen molar-refractivity contribution >= 4 is 44.7 Å². The van der Waals surface area contributed by atoms with Crippen LogP contribution in [0.5, 0.6) is 0 Å². The van der Waals surface area contributed by atoms with Gasteiger partial charge in [-0.2, -0.15) is 5.01 Å². The fourth-order valence-electron chi connectivity index (χ4n) is 6.57. The van der Waals surface area contributed by atoms with Gasteiger partial charge in [0.2, 0.25) is 5.13 Å². The van der Waals surface area contributed by atoms with Crippen LogP contribution in [0.25, 0.3) is 10.8 Å². The zero-order chi connectivity index (χ0) is 29.9. The van der Waals surface area contributed by atoms with E-state index in [1.807, 2.05) is 29.6 Å². The van der Waals surface area contributed by atoms with Crippen LogP contribution >= 0.6 is 11.3 Å². The second kappa shape index (κ2) is 16.2. The lowest BCUT2D eigenvalue weighted by molar-refractivity contribution is 0.0649. The number of imide groups is 1. The number of amides is 2. The van der Waals surface area contributed by atoms with Crippen LogP contribution < -0.4 is 10.3 Å². The van der Waals surface area contributed by atoms with E-state index in [0.717, 1.165) is 47.6 Å². The molecular weight excluding hydrogens is 554 g/mol. The van der Waals surface area contributed by atoms with E-state index in [2.05, 4.69) is 33.2 Å². The molecule has 0 atom stereocenters. The van der Waals surface area contributed by atoms with Gasteiger partial charge in [-0.05, 0) is 31.2 Å². The minimum atomic E-state index is -0.339. The molecule has 0 bridgehead atoms. The predicted octanol–water partition coefficient (Wildman–Crippen LogP) is 8.52. The summed E-state index contributed by atoms with van der Waals surface area (Å²) in [6.07, 6.45) is 21.2. The minimum absolute atomic E-state index is 0.339. The van der Waals surface area contributed by atoms with E-state index in [0.29, 0.717) is 16.3 Å². The van der Waals surface area contributed by atoms with Gasteiger partial charge in [-0.3, -0.25) is 19.9 Å². The predicted molar refractivity (Wildman–Crippen MR) is 179 cm³/mol. The Morgan fingerprint density at radius 3 is 1.95 bits per heavy atom. The minimum Gasteiger partial charge on any atom is -0.368 e. The van der Waals surface area contributed by atoms with Crippen molar-refractivity contribution in [2.45, 2.75) is 96.8 Å². The van der Waals surface area contributed by atoms with Crippen molar-refractivity contribution in [2.24, 2.45) is 0 Å². The van der Waals surface area contributed by atoms with E-state index in [1.165, 1.54) is 108 Å². The number of anilines is 2. The number of hydrazine groups is 1. The number of aromatic nitrogens is 1. The third-order valence-electron chi connectivity index (χ3n) is 9.07. The Balaban J connectivity index is 1.03. The number of piperazine rings is 1. The molecule has 2 aliphatic rings. The number of rotatable bonds is 18. The number of thiazole rings is 1. The Morgan fingerprint density at radius 2 is 1.35 bits per heavy atom. The summed E-state index contributed by atoms with van der Waals surface area (Å²) in [5.74, 6) is -0.679. The number of benzene rings is 2. The van der Waals surface area contributed by atoms with Crippen molar-refractivity contribution in [1.82, 2.24) is 14.9 Å². The maximum Gasteiger partial charge on any atom is 0.280 e. The van der Waals surface area contributed by atoms with Crippen LogP contribution in [0, 0.1) is 0 Å². The van der Waals surface area contributed by atoms with Crippen molar-refractivity contribution in [3.8, 4) is 0 Å². The molecule has 43 heavy (non-hydrogen) atoms. The van der Waals surface area contributed by atoms with Crippen molar-refractivity contribution in [1.29, 1.82) is 0 Å². The lowest BCUT2D eigenvalue weighted by Crippen LogP contribution is -2.47. The number of hydrogen-bond acceptors (Lipinski definition) is 7. The molecule has 0 spiro atoms. The molecule has 1 N–H and O–H groups in total. The molecule has 0 saturated carbocycles. The molecule has 0 aliphatic carbocycles. The molecule has 2 aliphatic heterocycles. The molecule has 0 unspecified atom stereocenters. The average Bonchev–Trinajstić information content (AvgIpc) is 3.55. The van der Waals surface area contributed by atoms with Gasteiger partial charge in [0.15, 0.2) is 0 Å². The summed E-state index contributed by atoms with van der Waals surface area (Å²) in [7, 11) is 0. The second-order valence-corrected chi connectivity index (χ2v) is 13.1. The van der Waals surface area contributed by atoms with Gasteiger partial charge in [0.05, 0.1) is 11.1 Å². The normalized spacial score (nSPS) is 15.6. The van der Waals surface area contributed by atoms with Crippen LogP contribution in [0.4, 0.5) is 10.8 Å². The standard InChI is InChI=1S/C35H49N5O2S/c1-2-3-4-5-6-7-8-9-10-11-12-13-14-15-22-38-23-25-39(26-24-38)31-20-19-30-32-28(31)17-16-18-29(32)33(41)40(34(30)42)37-35-36-21-27-43-35/h16-21,27H,2-15,22-26H2,1H3,(H,36,37). The Bertz CT molecular complexity index is 1300. The zero-order valence-corrected chi connectivity index (χ0v) is 26.8. The monoisotopic (exact) mass is 603 g/mol. The third kappa shape index (κ3) is 8.15. The van der Waals surface area contributed by atoms with Gasteiger partial charge in [0.1, 0.15) is 0 Å². The van der Waals surface area contributed by atoms with Crippen LogP contribution in [0.3, 0.4) is 0 Å². The SMILES string of the molecule is CCCCCCCCCCCCCCCCN1CCN(c2ccc3c4c(cccc24)C(=O)N(Nc2nccs2)C3=O)CC1. The van der Waals surface area contributed by atoms with Gasteiger partial charge in [-0.15, -0.1) is 11.3 Å². The quantitative estimate of drug-likeness (QED) is 0.116. The fourth-order valence-corrected chi connectivity index (χ4v) is 7.09. The molecule has 2 aromatic carbocycles. The summed E-state index contributed by atoms with van der Waals surface area (Å²) in [5, 5.41) is 5.15. The smallest absolute Gasteiger partial charge is 0.280 e. The number of hydrogen-bond donors (Lipinski definition) is 1. The molecule has 1 fully saturated rings. The molecule has 2 amide bonds. The molecular formula is C35H49N5O2S. The molecule has 1 saturated heterocycles. The third-order valence-corrected chi connectivity index (χ3v) is 9.74.